The van der Waals surface area contributed by atoms with Crippen LogP contribution in [0.5, 0.6) is 11.5 Å². The van der Waals surface area contributed by atoms with E-state index in [2.05, 4.69) is 4.72 Å². The molecule has 0 aliphatic heterocycles. The van der Waals surface area contributed by atoms with Crippen LogP contribution in [-0.2, 0) is 21.2 Å². The highest BCUT2D eigenvalue weighted by molar-refractivity contribution is 7.91. The second-order valence-corrected chi connectivity index (χ2v) is 10.7. The summed E-state index contributed by atoms with van der Waals surface area (Å²) in [6.45, 7) is 7.79. The van der Waals surface area contributed by atoms with Crippen LogP contribution in [-0.4, -0.2) is 43.4 Å². The van der Waals surface area contributed by atoms with Gasteiger partial charge in [-0.2, -0.15) is 0 Å². The maximum absolute atomic E-state index is 12.4. The fraction of sp³-hybridized carbons (Fsp3) is 0.625. The molecule has 0 saturated carbocycles. The molecule has 1 aromatic carbocycles. The second-order valence-electron chi connectivity index (χ2n) is 6.49. The monoisotopic (exact) mass is 377 g/mol. The summed E-state index contributed by atoms with van der Waals surface area (Å²) in [6.07, 6.45) is 1.16. The zero-order valence-corrected chi connectivity index (χ0v) is 16.7. The molecule has 0 aliphatic carbocycles. The second kappa shape index (κ2) is 8.42. The van der Waals surface area contributed by atoms with Gasteiger partial charge in [-0.15, -0.1) is 4.72 Å². The van der Waals surface area contributed by atoms with Crippen molar-refractivity contribution in [3.63, 3.8) is 0 Å². The van der Waals surface area contributed by atoms with Crippen molar-refractivity contribution in [2.24, 2.45) is 0 Å². The molecular weight excluding hydrogens is 350 g/mol. The Morgan fingerprint density at radius 2 is 1.92 bits per heavy atom. The first-order chi connectivity index (χ1) is 11.0. The number of rotatable bonds is 8. The van der Waals surface area contributed by atoms with Crippen LogP contribution in [0, 0.1) is 0 Å². The van der Waals surface area contributed by atoms with Gasteiger partial charge in [0.2, 0.25) is 0 Å². The van der Waals surface area contributed by atoms with Crippen molar-refractivity contribution in [2.75, 3.05) is 25.7 Å². The molecule has 1 rings (SSSR count). The van der Waals surface area contributed by atoms with Gasteiger partial charge in [0, 0.05) is 17.6 Å². The molecular formula is C16H27NO5S2. The lowest BCUT2D eigenvalue weighted by Crippen LogP contribution is -2.43. The van der Waals surface area contributed by atoms with E-state index in [1.165, 1.54) is 0 Å². The van der Waals surface area contributed by atoms with Crippen LogP contribution in [0.1, 0.15) is 39.3 Å². The molecule has 1 N–H and O–H groups in total. The molecule has 0 saturated heterocycles. The number of ether oxygens (including phenoxy) is 2. The van der Waals surface area contributed by atoms with Gasteiger partial charge in [-0.1, -0.05) is 6.07 Å². The van der Waals surface area contributed by atoms with Crippen molar-refractivity contribution in [3.05, 3.63) is 23.8 Å². The third kappa shape index (κ3) is 6.51. The van der Waals surface area contributed by atoms with E-state index < -0.39 is 32.0 Å². The lowest BCUT2D eigenvalue weighted by Gasteiger charge is -2.28. The van der Waals surface area contributed by atoms with Crippen molar-refractivity contribution >= 4 is 21.2 Å². The fourth-order valence-electron chi connectivity index (χ4n) is 1.99. The summed E-state index contributed by atoms with van der Waals surface area (Å²) in [5, 5.41) is 0. The average Bonchev–Trinajstić information content (AvgIpc) is 2.44. The molecule has 138 valence electrons. The molecule has 0 radical (unpaired) electrons. The van der Waals surface area contributed by atoms with Gasteiger partial charge >= 0.3 is 0 Å². The largest absolute Gasteiger partial charge is 0.598 e. The number of sulfone groups is 1. The Balaban J connectivity index is 3.21. The molecule has 2 unspecified atom stereocenters. The van der Waals surface area contributed by atoms with Crippen LogP contribution in [0.3, 0.4) is 0 Å². The molecule has 0 aromatic heterocycles. The Morgan fingerprint density at radius 3 is 2.38 bits per heavy atom. The summed E-state index contributed by atoms with van der Waals surface area (Å²) in [4.78, 5) is 0. The summed E-state index contributed by atoms with van der Waals surface area (Å²) in [6, 6.07) is 4.59. The standard InChI is InChI=1S/C16H27NO5S2/c1-7-22-15-10-12(8-9-14(15)21-5)13(11-24(6,19)20)17-23(18)16(2,3)4/h8-10,13,17H,7,11H2,1-6H3. The van der Waals surface area contributed by atoms with Gasteiger partial charge in [-0.05, 0) is 45.4 Å². The van der Waals surface area contributed by atoms with E-state index in [-0.39, 0.29) is 5.75 Å². The van der Waals surface area contributed by atoms with E-state index in [1.807, 2.05) is 27.7 Å². The van der Waals surface area contributed by atoms with Gasteiger partial charge in [-0.3, -0.25) is 0 Å². The predicted molar refractivity (Wildman–Crippen MR) is 97.6 cm³/mol. The Hall–Kier alpha value is -0.960. The van der Waals surface area contributed by atoms with Crippen LogP contribution >= 0.6 is 0 Å². The SMILES string of the molecule is CCOc1cc(C(CS(C)(=O)=O)N[S+]([O-])C(C)(C)C)ccc1OC. The van der Waals surface area contributed by atoms with E-state index >= 15 is 0 Å². The van der Waals surface area contributed by atoms with Crippen molar-refractivity contribution < 1.29 is 22.4 Å². The van der Waals surface area contributed by atoms with Gasteiger partial charge in [0.1, 0.15) is 14.6 Å². The number of hydrogen-bond acceptors (Lipinski definition) is 6. The van der Waals surface area contributed by atoms with Gasteiger partial charge in [-0.25, -0.2) is 8.42 Å². The first-order valence-corrected chi connectivity index (χ1v) is 10.9. The smallest absolute Gasteiger partial charge is 0.161 e. The molecule has 0 aliphatic rings. The minimum absolute atomic E-state index is 0.160. The minimum Gasteiger partial charge on any atom is -0.598 e. The molecule has 24 heavy (non-hydrogen) atoms. The molecule has 0 amide bonds. The van der Waals surface area contributed by atoms with Gasteiger partial charge in [0.05, 0.1) is 25.5 Å². The molecule has 0 fully saturated rings. The molecule has 0 heterocycles. The highest BCUT2D eigenvalue weighted by Gasteiger charge is 2.31. The average molecular weight is 378 g/mol. The fourth-order valence-corrected chi connectivity index (χ4v) is 3.80. The maximum atomic E-state index is 12.4. The van der Waals surface area contributed by atoms with E-state index in [9.17, 15) is 13.0 Å². The third-order valence-corrected chi connectivity index (χ3v) is 5.71. The van der Waals surface area contributed by atoms with Crippen molar-refractivity contribution in [1.82, 2.24) is 4.72 Å². The number of hydrogen-bond donors (Lipinski definition) is 1. The lowest BCUT2D eigenvalue weighted by molar-refractivity contribution is 0.310. The Labute approximate surface area is 148 Å². The maximum Gasteiger partial charge on any atom is 0.161 e. The Bertz CT molecular complexity index is 640. The first-order valence-electron chi connectivity index (χ1n) is 7.64. The molecule has 0 bridgehead atoms. The lowest BCUT2D eigenvalue weighted by atomic mass is 10.1. The van der Waals surface area contributed by atoms with Gasteiger partial charge < -0.3 is 14.0 Å². The van der Waals surface area contributed by atoms with Crippen LogP contribution in [0.25, 0.3) is 0 Å². The molecule has 2 atom stereocenters. The van der Waals surface area contributed by atoms with Gasteiger partial charge in [0.25, 0.3) is 0 Å². The number of nitrogens with one attached hydrogen (secondary N) is 1. The summed E-state index contributed by atoms with van der Waals surface area (Å²) in [5.74, 6) is 0.933. The van der Waals surface area contributed by atoms with E-state index in [0.717, 1.165) is 6.26 Å². The number of benzene rings is 1. The quantitative estimate of drug-likeness (QED) is 0.699. The highest BCUT2D eigenvalue weighted by Crippen LogP contribution is 2.31. The van der Waals surface area contributed by atoms with Crippen LogP contribution < -0.4 is 14.2 Å². The minimum atomic E-state index is -3.27. The summed E-state index contributed by atoms with van der Waals surface area (Å²) >= 11 is -1.41. The summed E-state index contributed by atoms with van der Waals surface area (Å²) in [7, 11) is -1.73. The zero-order valence-electron chi connectivity index (χ0n) is 15.1. The van der Waals surface area contributed by atoms with Crippen LogP contribution in [0.2, 0.25) is 0 Å². The zero-order chi connectivity index (χ0) is 18.5. The third-order valence-electron chi connectivity index (χ3n) is 3.16. The van der Waals surface area contributed by atoms with Crippen LogP contribution in [0.15, 0.2) is 18.2 Å². The first kappa shape index (κ1) is 21.1. The van der Waals surface area contributed by atoms with Gasteiger partial charge in [0.15, 0.2) is 11.5 Å². The highest BCUT2D eigenvalue weighted by atomic mass is 32.2. The predicted octanol–water partition coefficient (Wildman–Crippen LogP) is 2.23. The van der Waals surface area contributed by atoms with E-state index in [1.54, 1.807) is 25.3 Å². The summed E-state index contributed by atoms with van der Waals surface area (Å²) < 4.78 is 49.2. The van der Waals surface area contributed by atoms with Crippen molar-refractivity contribution in [3.8, 4) is 11.5 Å². The van der Waals surface area contributed by atoms with Crippen molar-refractivity contribution in [1.29, 1.82) is 0 Å². The molecule has 6 nitrogen and oxygen atoms in total. The van der Waals surface area contributed by atoms with E-state index in [0.29, 0.717) is 23.7 Å². The molecule has 0 spiro atoms. The number of methoxy groups -OCH3 is 1. The Kier molecular flexibility index (Phi) is 7.40. The summed E-state index contributed by atoms with van der Waals surface area (Å²) in [5.41, 5.74) is 0.683. The topological polar surface area (TPSA) is 87.7 Å². The van der Waals surface area contributed by atoms with E-state index in [4.69, 9.17) is 9.47 Å². The normalized spacial score (nSPS) is 15.0. The Morgan fingerprint density at radius 1 is 1.29 bits per heavy atom. The molecule has 8 heteroatoms. The van der Waals surface area contributed by atoms with Crippen LogP contribution in [0.4, 0.5) is 0 Å². The van der Waals surface area contributed by atoms with Crippen molar-refractivity contribution in [2.45, 2.75) is 38.5 Å². The molecule has 1 aromatic rings.